The van der Waals surface area contributed by atoms with Gasteiger partial charge in [-0.2, -0.15) is 5.26 Å². The molecule has 74 valence electrons. The van der Waals surface area contributed by atoms with Crippen molar-refractivity contribution in [2.75, 3.05) is 0 Å². The summed E-state index contributed by atoms with van der Waals surface area (Å²) in [5, 5.41) is 8.99. The van der Waals surface area contributed by atoms with Gasteiger partial charge < -0.3 is 0 Å². The molecule has 0 aliphatic rings. The molecule has 2 heteroatoms. The van der Waals surface area contributed by atoms with E-state index >= 15 is 0 Å². The summed E-state index contributed by atoms with van der Waals surface area (Å²) in [7, 11) is 0. The first-order valence-corrected chi connectivity index (χ1v) is 4.85. The zero-order valence-electron chi connectivity index (χ0n) is 9.20. The third-order valence-electron chi connectivity index (χ3n) is 2.37. The van der Waals surface area contributed by atoms with E-state index in [9.17, 15) is 0 Å². The average molecular weight is 188 g/mol. The van der Waals surface area contributed by atoms with Crippen LogP contribution in [0.15, 0.2) is 18.3 Å². The molecule has 1 heterocycles. The first kappa shape index (κ1) is 10.7. The second-order valence-electron chi connectivity index (χ2n) is 4.37. The molecule has 0 amide bonds. The molecule has 0 radical (unpaired) electrons. The number of nitriles is 1. The van der Waals surface area contributed by atoms with Crippen molar-refractivity contribution in [3.63, 3.8) is 0 Å². The van der Waals surface area contributed by atoms with E-state index in [2.05, 4.69) is 24.9 Å². The Balaban J connectivity index is 3.14. The third-order valence-corrected chi connectivity index (χ3v) is 2.37. The van der Waals surface area contributed by atoms with E-state index in [1.165, 1.54) is 5.56 Å². The van der Waals surface area contributed by atoms with Gasteiger partial charge in [0.15, 0.2) is 0 Å². The van der Waals surface area contributed by atoms with Gasteiger partial charge in [-0.1, -0.05) is 13.8 Å². The molecular formula is C12H16N2. The predicted molar refractivity (Wildman–Crippen MR) is 57.0 cm³/mol. The van der Waals surface area contributed by atoms with E-state index in [4.69, 9.17) is 5.26 Å². The molecule has 0 aliphatic heterocycles. The van der Waals surface area contributed by atoms with Gasteiger partial charge in [-0.15, -0.1) is 0 Å². The molecule has 0 saturated heterocycles. The number of hydrogen-bond donors (Lipinski definition) is 0. The molecule has 1 rings (SSSR count). The standard InChI is InChI=1S/C12H16N2/c1-9(2)10-5-6-14-11(7-10)12(3,4)8-13/h5-7,9H,1-4H3. The van der Waals surface area contributed by atoms with Crippen LogP contribution >= 0.6 is 0 Å². The lowest BCUT2D eigenvalue weighted by molar-refractivity contribution is 0.655. The minimum Gasteiger partial charge on any atom is -0.260 e. The van der Waals surface area contributed by atoms with Gasteiger partial charge in [-0.25, -0.2) is 0 Å². The van der Waals surface area contributed by atoms with Crippen molar-refractivity contribution in [1.29, 1.82) is 5.26 Å². The summed E-state index contributed by atoms with van der Waals surface area (Å²) in [4.78, 5) is 4.24. The molecule has 0 unspecified atom stereocenters. The minimum absolute atomic E-state index is 0.478. The normalized spacial score (nSPS) is 11.4. The zero-order valence-corrected chi connectivity index (χ0v) is 9.20. The van der Waals surface area contributed by atoms with Crippen LogP contribution in [-0.2, 0) is 5.41 Å². The fourth-order valence-corrected chi connectivity index (χ4v) is 1.21. The first-order chi connectivity index (χ1) is 6.47. The number of hydrogen-bond acceptors (Lipinski definition) is 2. The molecular weight excluding hydrogens is 172 g/mol. The molecule has 0 aromatic carbocycles. The van der Waals surface area contributed by atoms with Gasteiger partial charge in [0.05, 0.1) is 17.2 Å². The maximum atomic E-state index is 8.99. The molecule has 1 aromatic heterocycles. The highest BCUT2D eigenvalue weighted by molar-refractivity contribution is 5.28. The monoisotopic (exact) mass is 188 g/mol. The number of pyridine rings is 1. The van der Waals surface area contributed by atoms with Crippen molar-refractivity contribution in [2.24, 2.45) is 0 Å². The van der Waals surface area contributed by atoms with Gasteiger partial charge >= 0.3 is 0 Å². The van der Waals surface area contributed by atoms with E-state index in [0.717, 1.165) is 5.69 Å². The van der Waals surface area contributed by atoms with Gasteiger partial charge in [0, 0.05) is 6.20 Å². The number of aromatic nitrogens is 1. The molecule has 0 saturated carbocycles. The van der Waals surface area contributed by atoms with Crippen LogP contribution in [0.2, 0.25) is 0 Å². The van der Waals surface area contributed by atoms with Crippen molar-refractivity contribution >= 4 is 0 Å². The lowest BCUT2D eigenvalue weighted by atomic mass is 9.89. The van der Waals surface area contributed by atoms with Crippen molar-refractivity contribution in [1.82, 2.24) is 4.98 Å². The van der Waals surface area contributed by atoms with Crippen LogP contribution in [0.25, 0.3) is 0 Å². The van der Waals surface area contributed by atoms with Gasteiger partial charge in [0.1, 0.15) is 0 Å². The van der Waals surface area contributed by atoms with Crippen LogP contribution < -0.4 is 0 Å². The molecule has 14 heavy (non-hydrogen) atoms. The summed E-state index contributed by atoms with van der Waals surface area (Å²) in [6, 6.07) is 6.28. The molecule has 0 bridgehead atoms. The van der Waals surface area contributed by atoms with Crippen molar-refractivity contribution < 1.29 is 0 Å². The zero-order chi connectivity index (χ0) is 10.8. The molecule has 0 spiro atoms. The van der Waals surface area contributed by atoms with Gasteiger partial charge in [0.2, 0.25) is 0 Å². The second kappa shape index (κ2) is 3.79. The van der Waals surface area contributed by atoms with Crippen LogP contribution in [0.1, 0.15) is 44.9 Å². The Morgan fingerprint density at radius 1 is 1.43 bits per heavy atom. The summed E-state index contributed by atoms with van der Waals surface area (Å²) >= 11 is 0. The number of nitrogens with zero attached hydrogens (tertiary/aromatic N) is 2. The number of rotatable bonds is 2. The Hall–Kier alpha value is -1.36. The van der Waals surface area contributed by atoms with Gasteiger partial charge in [-0.05, 0) is 37.5 Å². The van der Waals surface area contributed by atoms with E-state index < -0.39 is 5.41 Å². The van der Waals surface area contributed by atoms with E-state index in [1.807, 2.05) is 26.0 Å². The average Bonchev–Trinajstić information content (AvgIpc) is 2.18. The first-order valence-electron chi connectivity index (χ1n) is 4.85. The van der Waals surface area contributed by atoms with Crippen LogP contribution in [0.4, 0.5) is 0 Å². The summed E-state index contributed by atoms with van der Waals surface area (Å²) in [6.07, 6.45) is 1.78. The SMILES string of the molecule is CC(C)c1ccnc(C(C)(C)C#N)c1. The third kappa shape index (κ3) is 2.11. The Labute approximate surface area is 85.6 Å². The Bertz CT molecular complexity index is 359. The fraction of sp³-hybridized carbons (Fsp3) is 0.500. The topological polar surface area (TPSA) is 36.7 Å². The molecule has 0 aliphatic carbocycles. The maximum Gasteiger partial charge on any atom is 0.0937 e. The molecule has 2 nitrogen and oxygen atoms in total. The molecule has 0 N–H and O–H groups in total. The Morgan fingerprint density at radius 3 is 2.57 bits per heavy atom. The predicted octanol–water partition coefficient (Wildman–Crippen LogP) is 3.01. The van der Waals surface area contributed by atoms with Gasteiger partial charge in [0.25, 0.3) is 0 Å². The van der Waals surface area contributed by atoms with Crippen LogP contribution in [0, 0.1) is 11.3 Å². The summed E-state index contributed by atoms with van der Waals surface area (Å²) in [5.41, 5.74) is 1.59. The summed E-state index contributed by atoms with van der Waals surface area (Å²) < 4.78 is 0. The molecule has 0 atom stereocenters. The quantitative estimate of drug-likeness (QED) is 0.715. The largest absolute Gasteiger partial charge is 0.260 e. The van der Waals surface area contributed by atoms with Crippen molar-refractivity contribution in [2.45, 2.75) is 39.0 Å². The molecule has 0 fully saturated rings. The van der Waals surface area contributed by atoms with Crippen molar-refractivity contribution in [3.8, 4) is 6.07 Å². The smallest absolute Gasteiger partial charge is 0.0937 e. The fourth-order valence-electron chi connectivity index (χ4n) is 1.21. The van der Waals surface area contributed by atoms with Crippen LogP contribution in [-0.4, -0.2) is 4.98 Å². The van der Waals surface area contributed by atoms with Gasteiger partial charge in [-0.3, -0.25) is 4.98 Å². The highest BCUT2D eigenvalue weighted by atomic mass is 14.7. The van der Waals surface area contributed by atoms with E-state index in [0.29, 0.717) is 5.92 Å². The Kier molecular flexibility index (Phi) is 2.90. The minimum atomic E-state index is -0.495. The summed E-state index contributed by atoms with van der Waals surface area (Å²) in [6.45, 7) is 8.05. The van der Waals surface area contributed by atoms with Crippen molar-refractivity contribution in [3.05, 3.63) is 29.6 Å². The highest BCUT2D eigenvalue weighted by Crippen LogP contribution is 2.23. The molecule has 1 aromatic rings. The van der Waals surface area contributed by atoms with E-state index in [-0.39, 0.29) is 0 Å². The highest BCUT2D eigenvalue weighted by Gasteiger charge is 2.21. The van der Waals surface area contributed by atoms with Crippen LogP contribution in [0.5, 0.6) is 0 Å². The maximum absolute atomic E-state index is 8.99. The summed E-state index contributed by atoms with van der Waals surface area (Å²) in [5.74, 6) is 0.478. The Morgan fingerprint density at radius 2 is 2.07 bits per heavy atom. The lowest BCUT2D eigenvalue weighted by Gasteiger charge is -2.16. The second-order valence-corrected chi connectivity index (χ2v) is 4.37. The lowest BCUT2D eigenvalue weighted by Crippen LogP contribution is -2.16. The van der Waals surface area contributed by atoms with E-state index in [1.54, 1.807) is 6.20 Å². The van der Waals surface area contributed by atoms with Crippen LogP contribution in [0.3, 0.4) is 0 Å².